The van der Waals surface area contributed by atoms with Gasteiger partial charge in [0.2, 0.25) is 5.91 Å². The fourth-order valence-corrected chi connectivity index (χ4v) is 3.38. The van der Waals surface area contributed by atoms with Crippen molar-refractivity contribution in [1.82, 2.24) is 0 Å². The second kappa shape index (κ2) is 6.81. The van der Waals surface area contributed by atoms with Gasteiger partial charge in [-0.25, -0.2) is 0 Å². The molecular weight excluding hydrogens is 278 g/mol. The Hall–Kier alpha value is -1.74. The smallest absolute Gasteiger partial charge is 0.232 e. The second-order valence-electron chi connectivity index (χ2n) is 5.44. The highest BCUT2D eigenvalue weighted by molar-refractivity contribution is 7.95. The normalized spacial score (nSPS) is 11.6. The fraction of sp³-hybridized carbons (Fsp3) is 0.278. The molecule has 2 aromatic rings. The lowest BCUT2D eigenvalue weighted by Crippen LogP contribution is -2.43. The highest BCUT2D eigenvalue weighted by Gasteiger charge is 2.41. The monoisotopic (exact) mass is 300 g/mol. The molecule has 0 saturated heterocycles. The quantitative estimate of drug-likeness (QED) is 0.819. The van der Waals surface area contributed by atoms with Crippen LogP contribution in [0.4, 0.5) is 0 Å². The highest BCUT2D eigenvalue weighted by Crippen LogP contribution is 2.36. The molecule has 0 fully saturated rings. The average molecular weight is 300 g/mol. The Kier molecular flexibility index (Phi) is 5.07. The second-order valence-corrected chi connectivity index (χ2v) is 7.82. The van der Waals surface area contributed by atoms with Crippen molar-refractivity contribution in [3.63, 3.8) is 0 Å². The number of nitrogens with two attached hydrogens (primary N) is 1. The Morgan fingerprint density at radius 1 is 0.952 bits per heavy atom. The molecule has 0 unspecified atom stereocenters. The summed E-state index contributed by atoms with van der Waals surface area (Å²) in [7, 11) is 0.266. The predicted molar refractivity (Wildman–Crippen MR) is 91.6 cm³/mol. The van der Waals surface area contributed by atoms with Crippen molar-refractivity contribution < 1.29 is 4.79 Å². The van der Waals surface area contributed by atoms with Crippen LogP contribution in [0.5, 0.6) is 0 Å². The maximum Gasteiger partial charge on any atom is 0.232 e. The van der Waals surface area contributed by atoms with Crippen molar-refractivity contribution in [2.75, 3.05) is 18.3 Å². The third-order valence-electron chi connectivity index (χ3n) is 3.84. The number of hydrogen-bond donors (Lipinski definition) is 1. The molecule has 1 amide bonds. The highest BCUT2D eigenvalue weighted by atomic mass is 32.2. The van der Waals surface area contributed by atoms with Crippen molar-refractivity contribution in [1.29, 1.82) is 0 Å². The summed E-state index contributed by atoms with van der Waals surface area (Å²) in [5.41, 5.74) is 7.11. The number of rotatable bonds is 6. The molecule has 0 radical (unpaired) electrons. The molecule has 0 aliphatic heterocycles. The van der Waals surface area contributed by atoms with Gasteiger partial charge in [0, 0.05) is 6.42 Å². The van der Waals surface area contributed by atoms with E-state index in [4.69, 9.17) is 5.73 Å². The first-order valence-electron chi connectivity index (χ1n) is 7.02. The van der Waals surface area contributed by atoms with Crippen LogP contribution in [0.1, 0.15) is 17.5 Å². The first kappa shape index (κ1) is 15.6. The maximum absolute atomic E-state index is 12.5. The summed E-state index contributed by atoms with van der Waals surface area (Å²) in [6.45, 7) is 0. The lowest BCUT2D eigenvalue weighted by atomic mass is 9.72. The molecular formula is C18H22NOS+. The van der Waals surface area contributed by atoms with Crippen LogP contribution in [0.25, 0.3) is 0 Å². The number of carbonyl (C=O) groups excluding carboxylic acids is 1. The van der Waals surface area contributed by atoms with Crippen LogP contribution in [0.2, 0.25) is 0 Å². The lowest BCUT2D eigenvalue weighted by molar-refractivity contribution is -0.122. The van der Waals surface area contributed by atoms with Gasteiger partial charge in [-0.1, -0.05) is 60.7 Å². The van der Waals surface area contributed by atoms with Crippen LogP contribution in [0.3, 0.4) is 0 Å². The van der Waals surface area contributed by atoms with E-state index in [0.29, 0.717) is 0 Å². The van der Waals surface area contributed by atoms with E-state index in [1.165, 1.54) is 0 Å². The first-order chi connectivity index (χ1) is 10.1. The van der Waals surface area contributed by atoms with Gasteiger partial charge in [-0.05, 0) is 22.0 Å². The standard InChI is InChI=1S/C18H21NOS/c1-21(2)14-13-18(17(19)20,15-9-5-3-6-10-15)16-11-7-4-8-12-16/h3-12H,13-14H2,1-2H3,(H-,19,20)/p+1. The number of amides is 1. The van der Waals surface area contributed by atoms with Gasteiger partial charge in [-0.3, -0.25) is 4.79 Å². The van der Waals surface area contributed by atoms with Crippen molar-refractivity contribution in [2.24, 2.45) is 5.73 Å². The summed E-state index contributed by atoms with van der Waals surface area (Å²) in [5.74, 6) is 0.706. The number of primary amides is 1. The zero-order chi connectivity index (χ0) is 15.3. The van der Waals surface area contributed by atoms with E-state index >= 15 is 0 Å². The van der Waals surface area contributed by atoms with E-state index in [1.54, 1.807) is 0 Å². The zero-order valence-corrected chi connectivity index (χ0v) is 13.4. The number of hydrogen-bond acceptors (Lipinski definition) is 1. The molecule has 110 valence electrons. The minimum atomic E-state index is -0.736. The Morgan fingerprint density at radius 3 is 1.71 bits per heavy atom. The minimum Gasteiger partial charge on any atom is -0.369 e. The molecule has 3 heteroatoms. The maximum atomic E-state index is 12.5. The Morgan fingerprint density at radius 2 is 1.38 bits per heavy atom. The van der Waals surface area contributed by atoms with Gasteiger partial charge < -0.3 is 5.73 Å². The summed E-state index contributed by atoms with van der Waals surface area (Å²) in [6.07, 6.45) is 5.13. The minimum absolute atomic E-state index is 0.266. The van der Waals surface area contributed by atoms with E-state index in [2.05, 4.69) is 12.5 Å². The van der Waals surface area contributed by atoms with E-state index in [9.17, 15) is 4.79 Å². The summed E-state index contributed by atoms with van der Waals surface area (Å²) in [5, 5.41) is 0. The van der Waals surface area contributed by atoms with Gasteiger partial charge in [-0.15, -0.1) is 0 Å². The van der Waals surface area contributed by atoms with Crippen LogP contribution < -0.4 is 5.73 Å². The average Bonchev–Trinajstić information content (AvgIpc) is 2.49. The molecule has 0 aliphatic carbocycles. The van der Waals surface area contributed by atoms with E-state index < -0.39 is 5.41 Å². The number of benzene rings is 2. The summed E-state index contributed by atoms with van der Waals surface area (Å²) in [4.78, 5) is 12.5. The Labute approximate surface area is 129 Å². The number of carbonyl (C=O) groups is 1. The molecule has 0 aromatic heterocycles. The van der Waals surface area contributed by atoms with Gasteiger partial charge in [-0.2, -0.15) is 0 Å². The molecule has 0 heterocycles. The van der Waals surface area contributed by atoms with Crippen molar-refractivity contribution in [3.05, 3.63) is 71.8 Å². The molecule has 0 spiro atoms. The van der Waals surface area contributed by atoms with Crippen LogP contribution in [-0.4, -0.2) is 24.2 Å². The summed E-state index contributed by atoms with van der Waals surface area (Å²) >= 11 is 0. The fourth-order valence-electron chi connectivity index (χ4n) is 2.67. The largest absolute Gasteiger partial charge is 0.369 e. The van der Waals surface area contributed by atoms with Crippen LogP contribution in [0, 0.1) is 0 Å². The third-order valence-corrected chi connectivity index (χ3v) is 4.86. The van der Waals surface area contributed by atoms with Gasteiger partial charge >= 0.3 is 0 Å². The molecule has 21 heavy (non-hydrogen) atoms. The van der Waals surface area contributed by atoms with Crippen molar-refractivity contribution >= 4 is 16.8 Å². The van der Waals surface area contributed by atoms with Gasteiger partial charge in [0.1, 0.15) is 11.2 Å². The van der Waals surface area contributed by atoms with Crippen LogP contribution in [-0.2, 0) is 21.1 Å². The first-order valence-corrected chi connectivity index (χ1v) is 9.23. The topological polar surface area (TPSA) is 43.1 Å². The Bertz CT molecular complexity index is 541. The van der Waals surface area contributed by atoms with E-state index in [-0.39, 0.29) is 16.8 Å². The van der Waals surface area contributed by atoms with Gasteiger partial charge in [0.25, 0.3) is 0 Å². The van der Waals surface area contributed by atoms with E-state index in [1.807, 2.05) is 60.7 Å². The molecule has 2 aromatic carbocycles. The molecule has 2 N–H and O–H groups in total. The zero-order valence-electron chi connectivity index (χ0n) is 12.6. The third kappa shape index (κ3) is 3.30. The lowest BCUT2D eigenvalue weighted by Gasteiger charge is -2.31. The van der Waals surface area contributed by atoms with Crippen molar-refractivity contribution in [3.8, 4) is 0 Å². The predicted octanol–water partition coefficient (Wildman–Crippen LogP) is 2.73. The molecule has 0 atom stereocenters. The summed E-state index contributed by atoms with van der Waals surface area (Å²) in [6, 6.07) is 19.8. The summed E-state index contributed by atoms with van der Waals surface area (Å²) < 4.78 is 0. The van der Waals surface area contributed by atoms with Gasteiger partial charge in [0.15, 0.2) is 0 Å². The molecule has 0 saturated carbocycles. The van der Waals surface area contributed by atoms with Crippen LogP contribution in [0.15, 0.2) is 60.7 Å². The molecule has 2 rings (SSSR count). The van der Waals surface area contributed by atoms with Crippen LogP contribution >= 0.6 is 0 Å². The van der Waals surface area contributed by atoms with Crippen molar-refractivity contribution in [2.45, 2.75) is 11.8 Å². The SMILES string of the molecule is C[S+](C)CCC(C(N)=O)(c1ccccc1)c1ccccc1. The molecule has 0 aliphatic rings. The van der Waals surface area contributed by atoms with E-state index in [0.717, 1.165) is 23.3 Å². The molecule has 0 bridgehead atoms. The van der Waals surface area contributed by atoms with Gasteiger partial charge in [0.05, 0.1) is 12.5 Å². The Balaban J connectivity index is 2.58. The molecule has 2 nitrogen and oxygen atoms in total.